The molecule has 0 saturated carbocycles. The number of para-hydroxylation sites is 1. The van der Waals surface area contributed by atoms with E-state index in [2.05, 4.69) is 37.4 Å². The van der Waals surface area contributed by atoms with Crippen molar-refractivity contribution in [1.82, 2.24) is 0 Å². The second-order valence-electron chi connectivity index (χ2n) is 4.00. The summed E-state index contributed by atoms with van der Waals surface area (Å²) in [5, 5.41) is 3.38. The fourth-order valence-electron chi connectivity index (χ4n) is 1.64. The maximum atomic E-state index is 10.8. The molecule has 1 aromatic rings. The predicted molar refractivity (Wildman–Crippen MR) is 64.3 cm³/mol. The first-order chi connectivity index (χ1) is 7.11. The first kappa shape index (κ1) is 11.8. The number of Topliss-reactive ketones (excluding diaryl/α,β-unsaturated/α-hetero) is 1. The van der Waals surface area contributed by atoms with Gasteiger partial charge in [-0.15, -0.1) is 0 Å². The quantitative estimate of drug-likeness (QED) is 0.748. The van der Waals surface area contributed by atoms with Crippen molar-refractivity contribution in [3.63, 3.8) is 0 Å². The Morgan fingerprint density at radius 2 is 1.87 bits per heavy atom. The number of rotatable bonds is 5. The van der Waals surface area contributed by atoms with Gasteiger partial charge in [0, 0.05) is 18.7 Å². The van der Waals surface area contributed by atoms with Crippen LogP contribution < -0.4 is 5.32 Å². The van der Waals surface area contributed by atoms with Gasteiger partial charge in [0.2, 0.25) is 0 Å². The van der Waals surface area contributed by atoms with Crippen molar-refractivity contribution in [1.29, 1.82) is 0 Å². The molecule has 0 amide bonds. The highest BCUT2D eigenvalue weighted by Gasteiger charge is 2.00. The second-order valence-corrected chi connectivity index (χ2v) is 4.00. The van der Waals surface area contributed by atoms with Gasteiger partial charge in [-0.3, -0.25) is 0 Å². The second kappa shape index (κ2) is 5.54. The van der Waals surface area contributed by atoms with E-state index in [1.54, 1.807) is 6.92 Å². The van der Waals surface area contributed by atoms with Crippen LogP contribution in [0.3, 0.4) is 0 Å². The van der Waals surface area contributed by atoms with Crippen molar-refractivity contribution in [3.05, 3.63) is 29.3 Å². The van der Waals surface area contributed by atoms with Gasteiger partial charge in [0.25, 0.3) is 0 Å². The summed E-state index contributed by atoms with van der Waals surface area (Å²) in [6.07, 6.45) is 1.57. The fourth-order valence-corrected chi connectivity index (χ4v) is 1.64. The minimum Gasteiger partial charge on any atom is -0.385 e. The highest BCUT2D eigenvalue weighted by molar-refractivity contribution is 5.75. The van der Waals surface area contributed by atoms with Gasteiger partial charge in [0.05, 0.1) is 0 Å². The Morgan fingerprint density at radius 3 is 2.40 bits per heavy atom. The van der Waals surface area contributed by atoms with Crippen LogP contribution in [0.15, 0.2) is 18.2 Å². The first-order valence-corrected chi connectivity index (χ1v) is 5.41. The summed E-state index contributed by atoms with van der Waals surface area (Å²) in [6.45, 7) is 6.70. The van der Waals surface area contributed by atoms with E-state index in [0.29, 0.717) is 6.42 Å². The average Bonchev–Trinajstić information content (AvgIpc) is 2.15. The number of anilines is 1. The summed E-state index contributed by atoms with van der Waals surface area (Å²) < 4.78 is 0. The van der Waals surface area contributed by atoms with Crippen LogP contribution in [-0.4, -0.2) is 12.3 Å². The largest absolute Gasteiger partial charge is 0.385 e. The van der Waals surface area contributed by atoms with Gasteiger partial charge < -0.3 is 10.1 Å². The molecule has 1 aromatic carbocycles. The molecule has 0 aliphatic carbocycles. The van der Waals surface area contributed by atoms with E-state index in [4.69, 9.17) is 0 Å². The number of carbonyl (C=O) groups excluding carboxylic acids is 1. The Bertz CT molecular complexity index is 324. The highest BCUT2D eigenvalue weighted by Crippen LogP contribution is 2.19. The molecule has 0 unspecified atom stereocenters. The van der Waals surface area contributed by atoms with Crippen LogP contribution in [0, 0.1) is 13.8 Å². The number of aryl methyl sites for hydroxylation is 2. The molecular formula is C13H19NO. The summed E-state index contributed by atoms with van der Waals surface area (Å²) in [6, 6.07) is 6.26. The highest BCUT2D eigenvalue weighted by atomic mass is 16.1. The average molecular weight is 205 g/mol. The molecule has 2 heteroatoms. The molecule has 0 aliphatic heterocycles. The monoisotopic (exact) mass is 205 g/mol. The third kappa shape index (κ3) is 3.74. The number of carbonyl (C=O) groups is 1. The van der Waals surface area contributed by atoms with E-state index >= 15 is 0 Å². The number of nitrogens with one attached hydrogen (secondary N) is 1. The SMILES string of the molecule is CC(=O)CCCNc1c(C)cccc1C. The summed E-state index contributed by atoms with van der Waals surface area (Å²) >= 11 is 0. The molecule has 2 nitrogen and oxygen atoms in total. The van der Waals surface area contributed by atoms with Gasteiger partial charge in [-0.25, -0.2) is 0 Å². The third-order valence-electron chi connectivity index (χ3n) is 2.49. The number of ketones is 1. The molecule has 0 aliphatic rings. The topological polar surface area (TPSA) is 29.1 Å². The van der Waals surface area contributed by atoms with E-state index in [1.807, 2.05) is 0 Å². The summed E-state index contributed by atoms with van der Waals surface area (Å²) in [7, 11) is 0. The lowest BCUT2D eigenvalue weighted by atomic mass is 10.1. The lowest BCUT2D eigenvalue weighted by molar-refractivity contribution is -0.117. The molecule has 82 valence electrons. The molecule has 0 spiro atoms. The van der Waals surface area contributed by atoms with E-state index < -0.39 is 0 Å². The zero-order chi connectivity index (χ0) is 11.3. The van der Waals surface area contributed by atoms with Crippen LogP contribution >= 0.6 is 0 Å². The molecule has 1 N–H and O–H groups in total. The van der Waals surface area contributed by atoms with Crippen LogP contribution in [0.5, 0.6) is 0 Å². The first-order valence-electron chi connectivity index (χ1n) is 5.41. The molecule has 0 saturated heterocycles. The van der Waals surface area contributed by atoms with Gasteiger partial charge in [0.1, 0.15) is 5.78 Å². The van der Waals surface area contributed by atoms with Gasteiger partial charge in [-0.1, -0.05) is 18.2 Å². The van der Waals surface area contributed by atoms with E-state index in [-0.39, 0.29) is 5.78 Å². The molecule has 0 atom stereocenters. The Kier molecular flexibility index (Phi) is 4.35. The number of hydrogen-bond donors (Lipinski definition) is 1. The predicted octanol–water partition coefficient (Wildman–Crippen LogP) is 3.08. The normalized spacial score (nSPS) is 10.1. The minimum atomic E-state index is 0.262. The fraction of sp³-hybridized carbons (Fsp3) is 0.462. The Balaban J connectivity index is 2.47. The zero-order valence-electron chi connectivity index (χ0n) is 9.76. The molecule has 1 rings (SSSR count). The van der Waals surface area contributed by atoms with Crippen molar-refractivity contribution in [2.75, 3.05) is 11.9 Å². The zero-order valence-corrected chi connectivity index (χ0v) is 9.76. The Morgan fingerprint density at radius 1 is 1.27 bits per heavy atom. The van der Waals surface area contributed by atoms with E-state index in [1.165, 1.54) is 16.8 Å². The van der Waals surface area contributed by atoms with Crippen LogP contribution in [0.2, 0.25) is 0 Å². The van der Waals surface area contributed by atoms with Crippen LogP contribution in [-0.2, 0) is 4.79 Å². The van der Waals surface area contributed by atoms with Crippen molar-refractivity contribution < 1.29 is 4.79 Å². The maximum Gasteiger partial charge on any atom is 0.129 e. The van der Waals surface area contributed by atoms with Gasteiger partial charge >= 0.3 is 0 Å². The molecule has 0 aromatic heterocycles. The maximum absolute atomic E-state index is 10.8. The summed E-state index contributed by atoms with van der Waals surface area (Å²) in [4.78, 5) is 10.8. The molecule has 15 heavy (non-hydrogen) atoms. The number of hydrogen-bond acceptors (Lipinski definition) is 2. The van der Waals surface area contributed by atoms with E-state index in [9.17, 15) is 4.79 Å². The van der Waals surface area contributed by atoms with E-state index in [0.717, 1.165) is 13.0 Å². The van der Waals surface area contributed by atoms with Crippen LogP contribution in [0.4, 0.5) is 5.69 Å². The Labute approximate surface area is 91.7 Å². The van der Waals surface area contributed by atoms with Gasteiger partial charge in [-0.2, -0.15) is 0 Å². The van der Waals surface area contributed by atoms with Crippen molar-refractivity contribution in [2.24, 2.45) is 0 Å². The molecule has 0 heterocycles. The summed E-state index contributed by atoms with van der Waals surface area (Å²) in [5.41, 5.74) is 3.73. The van der Waals surface area contributed by atoms with Crippen molar-refractivity contribution in [3.8, 4) is 0 Å². The minimum absolute atomic E-state index is 0.262. The van der Waals surface area contributed by atoms with Crippen LogP contribution in [0.25, 0.3) is 0 Å². The van der Waals surface area contributed by atoms with Crippen LogP contribution in [0.1, 0.15) is 30.9 Å². The van der Waals surface area contributed by atoms with Crippen molar-refractivity contribution in [2.45, 2.75) is 33.6 Å². The van der Waals surface area contributed by atoms with Crippen molar-refractivity contribution >= 4 is 11.5 Å². The van der Waals surface area contributed by atoms with Gasteiger partial charge in [0.15, 0.2) is 0 Å². The lowest BCUT2D eigenvalue weighted by Crippen LogP contribution is -2.06. The number of benzene rings is 1. The standard InChI is InChI=1S/C13H19NO/c1-10-6-4-7-11(2)13(10)14-9-5-8-12(3)15/h4,6-7,14H,5,8-9H2,1-3H3. The Hall–Kier alpha value is -1.31. The molecule has 0 bridgehead atoms. The summed E-state index contributed by atoms with van der Waals surface area (Å²) in [5.74, 6) is 0.262. The third-order valence-corrected chi connectivity index (χ3v) is 2.49. The lowest BCUT2D eigenvalue weighted by Gasteiger charge is -2.11. The molecular weight excluding hydrogens is 186 g/mol. The smallest absolute Gasteiger partial charge is 0.129 e. The molecule has 0 radical (unpaired) electrons. The molecule has 0 fully saturated rings. The van der Waals surface area contributed by atoms with Gasteiger partial charge in [-0.05, 0) is 38.3 Å².